The molecule has 0 fully saturated rings. The summed E-state index contributed by atoms with van der Waals surface area (Å²) in [7, 11) is 0. The maximum Gasteiger partial charge on any atom is 0.335 e. The van der Waals surface area contributed by atoms with Gasteiger partial charge in [0.15, 0.2) is 0 Å². The number of hydrogen-bond acceptors (Lipinski definition) is 1. The number of fused-ring (bicyclic) bond motifs is 1. The molecular formula is C14H11BrO2. The molecule has 3 heteroatoms. The minimum Gasteiger partial charge on any atom is -0.478 e. The lowest BCUT2D eigenvalue weighted by Crippen LogP contribution is -1.95. The Morgan fingerprint density at radius 1 is 1.18 bits per heavy atom. The van der Waals surface area contributed by atoms with E-state index in [1.54, 1.807) is 12.1 Å². The van der Waals surface area contributed by atoms with Gasteiger partial charge in [-0.25, -0.2) is 4.79 Å². The molecule has 0 radical (unpaired) electrons. The van der Waals surface area contributed by atoms with Crippen molar-refractivity contribution >= 4 is 38.7 Å². The second-order valence-electron chi connectivity index (χ2n) is 3.68. The predicted octanol–water partition coefficient (Wildman–Crippen LogP) is 3.95. The van der Waals surface area contributed by atoms with Crippen LogP contribution in [-0.4, -0.2) is 16.4 Å². The van der Waals surface area contributed by atoms with Crippen LogP contribution in [0.2, 0.25) is 0 Å². The normalized spacial score (nSPS) is 11.1. The lowest BCUT2D eigenvalue weighted by atomic mass is 10.0. The van der Waals surface area contributed by atoms with Crippen molar-refractivity contribution in [3.63, 3.8) is 0 Å². The molecule has 2 nitrogen and oxygen atoms in total. The third-order valence-electron chi connectivity index (χ3n) is 2.51. The highest BCUT2D eigenvalue weighted by atomic mass is 79.9. The smallest absolute Gasteiger partial charge is 0.335 e. The van der Waals surface area contributed by atoms with Crippen LogP contribution in [0.3, 0.4) is 0 Å². The van der Waals surface area contributed by atoms with Gasteiger partial charge in [0, 0.05) is 5.33 Å². The van der Waals surface area contributed by atoms with Gasteiger partial charge in [0.25, 0.3) is 0 Å². The van der Waals surface area contributed by atoms with Gasteiger partial charge in [-0.2, -0.15) is 0 Å². The third kappa shape index (κ3) is 2.74. The fourth-order valence-corrected chi connectivity index (χ4v) is 1.87. The standard InChI is InChI=1S/C14H11BrO2/c15-7-1-2-10-3-4-12-9-13(14(16)17)6-5-11(12)8-10/h1-6,8-9H,7H2,(H,16,17). The summed E-state index contributed by atoms with van der Waals surface area (Å²) in [4.78, 5) is 10.8. The van der Waals surface area contributed by atoms with E-state index in [9.17, 15) is 4.79 Å². The van der Waals surface area contributed by atoms with Crippen LogP contribution in [0, 0.1) is 0 Å². The number of hydrogen-bond donors (Lipinski definition) is 1. The van der Waals surface area contributed by atoms with E-state index in [1.807, 2.05) is 36.4 Å². The molecule has 1 N–H and O–H groups in total. The summed E-state index contributed by atoms with van der Waals surface area (Å²) in [5.74, 6) is -0.893. The van der Waals surface area contributed by atoms with Crippen LogP contribution in [-0.2, 0) is 0 Å². The van der Waals surface area contributed by atoms with E-state index in [4.69, 9.17) is 5.11 Å². The van der Waals surface area contributed by atoms with Crippen molar-refractivity contribution in [3.8, 4) is 0 Å². The Hall–Kier alpha value is -1.61. The Balaban J connectivity index is 2.46. The van der Waals surface area contributed by atoms with Gasteiger partial charge >= 0.3 is 5.97 Å². The first kappa shape index (κ1) is 11.9. The van der Waals surface area contributed by atoms with E-state index in [0.717, 1.165) is 21.7 Å². The predicted molar refractivity (Wildman–Crippen MR) is 73.7 cm³/mol. The Morgan fingerprint density at radius 3 is 2.59 bits per heavy atom. The maximum atomic E-state index is 10.8. The Bertz CT molecular complexity index is 588. The summed E-state index contributed by atoms with van der Waals surface area (Å²) in [6.45, 7) is 0. The zero-order valence-corrected chi connectivity index (χ0v) is 10.6. The number of allylic oxidation sites excluding steroid dienone is 1. The summed E-state index contributed by atoms with van der Waals surface area (Å²) in [5, 5.41) is 11.7. The molecule has 0 aliphatic carbocycles. The van der Waals surface area contributed by atoms with E-state index in [1.165, 1.54) is 0 Å². The molecule has 17 heavy (non-hydrogen) atoms. The van der Waals surface area contributed by atoms with Crippen LogP contribution in [0.25, 0.3) is 16.8 Å². The first-order valence-corrected chi connectivity index (χ1v) is 6.32. The molecule has 2 rings (SSSR count). The van der Waals surface area contributed by atoms with E-state index in [2.05, 4.69) is 15.9 Å². The maximum absolute atomic E-state index is 10.8. The summed E-state index contributed by atoms with van der Waals surface area (Å²) < 4.78 is 0. The van der Waals surface area contributed by atoms with Crippen molar-refractivity contribution in [2.75, 3.05) is 5.33 Å². The Kier molecular flexibility index (Phi) is 3.59. The monoisotopic (exact) mass is 290 g/mol. The largest absolute Gasteiger partial charge is 0.478 e. The molecule has 0 unspecified atom stereocenters. The fraction of sp³-hybridized carbons (Fsp3) is 0.0714. The van der Waals surface area contributed by atoms with Crippen molar-refractivity contribution in [2.24, 2.45) is 0 Å². The quantitative estimate of drug-likeness (QED) is 0.869. The molecule has 0 saturated carbocycles. The molecule has 0 aromatic heterocycles. The molecule has 0 aliphatic rings. The number of carboxylic acid groups (broad SMARTS) is 1. The number of halogens is 1. The molecule has 0 heterocycles. The molecular weight excluding hydrogens is 280 g/mol. The topological polar surface area (TPSA) is 37.3 Å². The van der Waals surface area contributed by atoms with Crippen LogP contribution >= 0.6 is 15.9 Å². The number of benzene rings is 2. The van der Waals surface area contributed by atoms with Gasteiger partial charge in [-0.3, -0.25) is 0 Å². The van der Waals surface area contributed by atoms with Crippen LogP contribution < -0.4 is 0 Å². The lowest BCUT2D eigenvalue weighted by Gasteiger charge is -2.01. The SMILES string of the molecule is O=C(O)c1ccc2cc(C=CCBr)ccc2c1. The van der Waals surface area contributed by atoms with Gasteiger partial charge in [-0.15, -0.1) is 0 Å². The van der Waals surface area contributed by atoms with Crippen LogP contribution in [0.15, 0.2) is 42.5 Å². The summed E-state index contributed by atoms with van der Waals surface area (Å²) in [6, 6.07) is 11.1. The van der Waals surface area contributed by atoms with Gasteiger partial charge < -0.3 is 5.11 Å². The van der Waals surface area contributed by atoms with Crippen molar-refractivity contribution in [1.82, 2.24) is 0 Å². The first-order valence-electron chi connectivity index (χ1n) is 5.20. The first-order chi connectivity index (χ1) is 8.20. The highest BCUT2D eigenvalue weighted by Gasteiger charge is 2.03. The zero-order chi connectivity index (χ0) is 12.3. The van der Waals surface area contributed by atoms with E-state index >= 15 is 0 Å². The summed E-state index contributed by atoms with van der Waals surface area (Å²) in [5.41, 5.74) is 1.43. The minimum absolute atomic E-state index is 0.321. The van der Waals surface area contributed by atoms with E-state index in [-0.39, 0.29) is 0 Å². The fourth-order valence-electron chi connectivity index (χ4n) is 1.68. The summed E-state index contributed by atoms with van der Waals surface area (Å²) >= 11 is 3.33. The zero-order valence-electron chi connectivity index (χ0n) is 9.06. The lowest BCUT2D eigenvalue weighted by molar-refractivity contribution is 0.0697. The molecule has 0 saturated heterocycles. The number of carbonyl (C=O) groups is 1. The highest BCUT2D eigenvalue weighted by Crippen LogP contribution is 2.19. The number of aromatic carboxylic acids is 1. The number of alkyl halides is 1. The van der Waals surface area contributed by atoms with Crippen molar-refractivity contribution in [2.45, 2.75) is 0 Å². The molecule has 0 spiro atoms. The molecule has 0 amide bonds. The van der Waals surface area contributed by atoms with E-state index < -0.39 is 5.97 Å². The average molecular weight is 291 g/mol. The third-order valence-corrected chi connectivity index (χ3v) is 2.88. The van der Waals surface area contributed by atoms with Crippen LogP contribution in [0.4, 0.5) is 0 Å². The highest BCUT2D eigenvalue weighted by molar-refractivity contribution is 9.09. The Labute approximate surface area is 108 Å². The van der Waals surface area contributed by atoms with Gasteiger partial charge in [0.1, 0.15) is 0 Å². The molecule has 0 aliphatic heterocycles. The van der Waals surface area contributed by atoms with Crippen molar-refractivity contribution in [1.29, 1.82) is 0 Å². The minimum atomic E-state index is -0.893. The molecule has 0 bridgehead atoms. The molecule has 2 aromatic rings. The molecule has 86 valence electrons. The second kappa shape index (κ2) is 5.15. The van der Waals surface area contributed by atoms with Gasteiger partial charge in [0.2, 0.25) is 0 Å². The second-order valence-corrected chi connectivity index (χ2v) is 4.33. The van der Waals surface area contributed by atoms with Crippen molar-refractivity contribution < 1.29 is 9.90 Å². The van der Waals surface area contributed by atoms with Gasteiger partial charge in [-0.1, -0.05) is 46.3 Å². The Morgan fingerprint density at radius 2 is 1.88 bits per heavy atom. The van der Waals surface area contributed by atoms with Crippen molar-refractivity contribution in [3.05, 3.63) is 53.6 Å². The van der Waals surface area contributed by atoms with E-state index in [0.29, 0.717) is 5.56 Å². The van der Waals surface area contributed by atoms with Crippen LogP contribution in [0.5, 0.6) is 0 Å². The molecule has 2 aromatic carbocycles. The number of carboxylic acids is 1. The molecule has 0 atom stereocenters. The number of rotatable bonds is 3. The average Bonchev–Trinajstić information content (AvgIpc) is 2.35. The van der Waals surface area contributed by atoms with Gasteiger partial charge in [-0.05, 0) is 34.5 Å². The van der Waals surface area contributed by atoms with Crippen LogP contribution in [0.1, 0.15) is 15.9 Å². The van der Waals surface area contributed by atoms with Gasteiger partial charge in [0.05, 0.1) is 5.56 Å². The summed E-state index contributed by atoms with van der Waals surface area (Å²) in [6.07, 6.45) is 4.05.